The number of hydrogen-bond donors (Lipinski definition) is 2. The summed E-state index contributed by atoms with van der Waals surface area (Å²) >= 11 is 0. The normalized spacial score (nSPS) is 16.4. The highest BCUT2D eigenvalue weighted by atomic mass is 32.2. The van der Waals surface area contributed by atoms with Gasteiger partial charge in [0.1, 0.15) is 12.1 Å². The van der Waals surface area contributed by atoms with E-state index in [1.165, 1.54) is 21.3 Å². The number of sulfonamides is 1. The van der Waals surface area contributed by atoms with E-state index < -0.39 is 22.1 Å². The number of primary amides is 1. The second-order valence-electron chi connectivity index (χ2n) is 7.03. The number of amides is 3. The molecule has 0 saturated carbocycles. The summed E-state index contributed by atoms with van der Waals surface area (Å²) in [6, 6.07) is 6.43. The van der Waals surface area contributed by atoms with Gasteiger partial charge in [-0.05, 0) is 24.5 Å². The van der Waals surface area contributed by atoms with Crippen molar-refractivity contribution in [1.82, 2.24) is 14.5 Å². The number of nitrogens with one attached hydrogen (secondary N) is 1. The van der Waals surface area contributed by atoms with E-state index in [0.717, 1.165) is 0 Å². The highest BCUT2D eigenvalue weighted by molar-refractivity contribution is 7.89. The molecule has 1 heterocycles. The maximum absolute atomic E-state index is 12.9. The molecule has 1 aliphatic rings. The molecule has 1 fully saturated rings. The lowest BCUT2D eigenvalue weighted by atomic mass is 10.0. The SMILES string of the molecule is CC(C)C[C@@H](NC(N)=O)C(=O)N1CCN(S(=O)(=O)c2ccccc2C#N)CC1. The smallest absolute Gasteiger partial charge is 0.312 e. The molecule has 3 N–H and O–H groups in total. The Labute approximate surface area is 165 Å². The summed E-state index contributed by atoms with van der Waals surface area (Å²) in [7, 11) is -3.83. The summed E-state index contributed by atoms with van der Waals surface area (Å²) in [5.41, 5.74) is 5.26. The van der Waals surface area contributed by atoms with Gasteiger partial charge in [0, 0.05) is 26.2 Å². The van der Waals surface area contributed by atoms with Gasteiger partial charge in [-0.15, -0.1) is 0 Å². The van der Waals surface area contributed by atoms with Gasteiger partial charge in [-0.3, -0.25) is 4.79 Å². The minimum absolute atomic E-state index is 0.0367. The molecule has 28 heavy (non-hydrogen) atoms. The standard InChI is InChI=1S/C18H25N5O4S/c1-13(2)11-15(21-18(20)25)17(24)22-7-9-23(10-8-22)28(26,27)16-6-4-3-5-14(16)12-19/h3-6,13,15H,7-11H2,1-2H3,(H3,20,21,25)/t15-/m1/s1. The van der Waals surface area contributed by atoms with Crippen molar-refractivity contribution >= 4 is 22.0 Å². The quantitative estimate of drug-likeness (QED) is 0.706. The van der Waals surface area contributed by atoms with E-state index in [1.807, 2.05) is 19.9 Å². The molecule has 1 atom stereocenters. The summed E-state index contributed by atoms with van der Waals surface area (Å²) in [5.74, 6) is -0.105. The highest BCUT2D eigenvalue weighted by Gasteiger charge is 2.34. The van der Waals surface area contributed by atoms with E-state index in [0.29, 0.717) is 6.42 Å². The topological polar surface area (TPSA) is 137 Å². The van der Waals surface area contributed by atoms with Crippen molar-refractivity contribution in [2.24, 2.45) is 11.7 Å². The van der Waals surface area contributed by atoms with Gasteiger partial charge in [0.05, 0.1) is 10.5 Å². The van der Waals surface area contributed by atoms with Crippen molar-refractivity contribution in [3.63, 3.8) is 0 Å². The van der Waals surface area contributed by atoms with Crippen LogP contribution in [0.3, 0.4) is 0 Å². The zero-order chi connectivity index (χ0) is 20.9. The molecule has 1 aliphatic heterocycles. The number of piperazine rings is 1. The highest BCUT2D eigenvalue weighted by Crippen LogP contribution is 2.21. The lowest BCUT2D eigenvalue weighted by Crippen LogP contribution is -2.56. The summed E-state index contributed by atoms with van der Waals surface area (Å²) in [6.45, 7) is 4.47. The Bertz CT molecular complexity index is 870. The first-order valence-electron chi connectivity index (χ1n) is 9.00. The van der Waals surface area contributed by atoms with E-state index in [9.17, 15) is 18.0 Å². The van der Waals surface area contributed by atoms with Gasteiger partial charge in [0.15, 0.2) is 0 Å². The number of nitrogens with zero attached hydrogens (tertiary/aromatic N) is 3. The Balaban J connectivity index is 2.10. The van der Waals surface area contributed by atoms with Gasteiger partial charge in [-0.25, -0.2) is 13.2 Å². The number of urea groups is 1. The Morgan fingerprint density at radius 2 is 1.82 bits per heavy atom. The Morgan fingerprint density at radius 1 is 1.21 bits per heavy atom. The molecule has 152 valence electrons. The van der Waals surface area contributed by atoms with E-state index in [-0.39, 0.29) is 48.5 Å². The van der Waals surface area contributed by atoms with Crippen LogP contribution < -0.4 is 11.1 Å². The van der Waals surface area contributed by atoms with Crippen LogP contribution in [0.15, 0.2) is 29.2 Å². The molecule has 0 bridgehead atoms. The summed E-state index contributed by atoms with van der Waals surface area (Å²) in [6.07, 6.45) is 0.440. The Hall–Kier alpha value is -2.64. The van der Waals surface area contributed by atoms with Crippen molar-refractivity contribution in [2.45, 2.75) is 31.2 Å². The molecular weight excluding hydrogens is 382 g/mol. The number of carbonyl (C=O) groups is 2. The average Bonchev–Trinajstić information content (AvgIpc) is 2.66. The van der Waals surface area contributed by atoms with Crippen molar-refractivity contribution in [2.75, 3.05) is 26.2 Å². The molecule has 2 rings (SSSR count). The molecule has 1 aromatic carbocycles. The van der Waals surface area contributed by atoms with Crippen molar-refractivity contribution in [3.05, 3.63) is 29.8 Å². The van der Waals surface area contributed by atoms with Crippen molar-refractivity contribution in [1.29, 1.82) is 5.26 Å². The molecule has 9 nitrogen and oxygen atoms in total. The van der Waals surface area contributed by atoms with Crippen molar-refractivity contribution in [3.8, 4) is 6.07 Å². The zero-order valence-electron chi connectivity index (χ0n) is 16.0. The Morgan fingerprint density at radius 3 is 2.36 bits per heavy atom. The van der Waals surface area contributed by atoms with Gasteiger partial charge in [0.2, 0.25) is 15.9 Å². The first kappa shape index (κ1) is 21.7. The van der Waals surface area contributed by atoms with Crippen molar-refractivity contribution < 1.29 is 18.0 Å². The number of carbonyl (C=O) groups excluding carboxylic acids is 2. The first-order chi connectivity index (χ1) is 13.2. The molecule has 1 saturated heterocycles. The third-order valence-electron chi connectivity index (χ3n) is 4.50. The van der Waals surface area contributed by atoms with Gasteiger partial charge in [-0.2, -0.15) is 9.57 Å². The van der Waals surface area contributed by atoms with Crippen LogP contribution in [0.25, 0.3) is 0 Å². The lowest BCUT2D eigenvalue weighted by molar-refractivity contribution is -0.134. The van der Waals surface area contributed by atoms with Crippen LogP contribution in [-0.2, 0) is 14.8 Å². The average molecular weight is 407 g/mol. The van der Waals surface area contributed by atoms with Crippen LogP contribution in [0.5, 0.6) is 0 Å². The summed E-state index contributed by atoms with van der Waals surface area (Å²) in [5, 5.41) is 11.6. The number of benzene rings is 1. The molecule has 0 radical (unpaired) electrons. The second kappa shape index (κ2) is 9.03. The van der Waals surface area contributed by atoms with Gasteiger partial charge >= 0.3 is 6.03 Å². The molecular formula is C18H25N5O4S. The second-order valence-corrected chi connectivity index (χ2v) is 8.93. The van der Waals surface area contributed by atoms with Crippen LogP contribution in [0.1, 0.15) is 25.8 Å². The minimum atomic E-state index is -3.83. The lowest BCUT2D eigenvalue weighted by Gasteiger charge is -2.36. The van der Waals surface area contributed by atoms with Crippen LogP contribution in [0.4, 0.5) is 4.79 Å². The van der Waals surface area contributed by atoms with Gasteiger partial charge < -0.3 is 16.0 Å². The van der Waals surface area contributed by atoms with E-state index in [2.05, 4.69) is 5.32 Å². The number of nitrogens with two attached hydrogens (primary N) is 1. The van der Waals surface area contributed by atoms with Crippen LogP contribution in [0, 0.1) is 17.2 Å². The third kappa shape index (κ3) is 4.99. The molecule has 0 unspecified atom stereocenters. The predicted octanol–water partition coefficient (Wildman–Crippen LogP) is 0.474. The number of nitriles is 1. The maximum atomic E-state index is 12.9. The number of rotatable bonds is 6. The predicted molar refractivity (Wildman–Crippen MR) is 102 cm³/mol. The molecule has 1 aromatic rings. The third-order valence-corrected chi connectivity index (χ3v) is 6.45. The first-order valence-corrected chi connectivity index (χ1v) is 10.4. The fourth-order valence-corrected chi connectivity index (χ4v) is 4.72. The number of hydrogen-bond acceptors (Lipinski definition) is 5. The molecule has 0 aromatic heterocycles. The fourth-order valence-electron chi connectivity index (χ4n) is 3.16. The van der Waals surface area contributed by atoms with Crippen LogP contribution >= 0.6 is 0 Å². The minimum Gasteiger partial charge on any atom is -0.352 e. The summed E-state index contributed by atoms with van der Waals surface area (Å²) < 4.78 is 27.0. The monoisotopic (exact) mass is 407 g/mol. The molecule has 10 heteroatoms. The Kier molecular flexibility index (Phi) is 6.99. The van der Waals surface area contributed by atoms with E-state index in [1.54, 1.807) is 12.1 Å². The molecule has 3 amide bonds. The van der Waals surface area contributed by atoms with Gasteiger partial charge in [-0.1, -0.05) is 26.0 Å². The summed E-state index contributed by atoms with van der Waals surface area (Å²) in [4.78, 5) is 25.4. The van der Waals surface area contributed by atoms with Gasteiger partial charge in [0.25, 0.3) is 0 Å². The van der Waals surface area contributed by atoms with E-state index in [4.69, 9.17) is 11.0 Å². The van der Waals surface area contributed by atoms with Crippen LogP contribution in [0.2, 0.25) is 0 Å². The maximum Gasteiger partial charge on any atom is 0.312 e. The largest absolute Gasteiger partial charge is 0.352 e. The fraction of sp³-hybridized carbons (Fsp3) is 0.500. The molecule has 0 spiro atoms. The van der Waals surface area contributed by atoms with E-state index >= 15 is 0 Å². The zero-order valence-corrected chi connectivity index (χ0v) is 16.8. The molecule has 0 aliphatic carbocycles. The van der Waals surface area contributed by atoms with Crippen LogP contribution in [-0.4, -0.2) is 61.8 Å².